The van der Waals surface area contributed by atoms with Crippen molar-refractivity contribution in [3.63, 3.8) is 0 Å². The van der Waals surface area contributed by atoms with Crippen molar-refractivity contribution < 1.29 is 19.1 Å². The molecule has 100 valence electrons. The normalized spacial score (nSPS) is 10.0. The lowest BCUT2D eigenvalue weighted by atomic mass is 10.3. The quantitative estimate of drug-likeness (QED) is 0.465. The van der Waals surface area contributed by atoms with Gasteiger partial charge in [0.1, 0.15) is 13.2 Å². The van der Waals surface area contributed by atoms with E-state index in [9.17, 15) is 9.59 Å². The Morgan fingerprint density at radius 2 is 1.76 bits per heavy atom. The molecule has 0 aliphatic heterocycles. The Morgan fingerprint density at radius 3 is 2.41 bits per heavy atom. The Bertz CT molecular complexity index is 197. The summed E-state index contributed by atoms with van der Waals surface area (Å²) in [5, 5.41) is 2.69. The predicted octanol–water partition coefficient (Wildman–Crippen LogP) is 1.26. The zero-order chi connectivity index (χ0) is 12.9. The molecule has 0 atom stereocenters. The van der Waals surface area contributed by atoms with Crippen molar-refractivity contribution in [1.82, 2.24) is 5.32 Å². The Hall–Kier alpha value is -1.10. The Morgan fingerprint density at radius 1 is 1.06 bits per heavy atom. The summed E-state index contributed by atoms with van der Waals surface area (Å²) >= 11 is 0. The smallest absolute Gasteiger partial charge is 0.332 e. The van der Waals surface area contributed by atoms with Crippen molar-refractivity contribution in [3.05, 3.63) is 0 Å². The number of unbranched alkanes of at least 4 members (excludes halogenated alkanes) is 2. The second-order valence-electron chi connectivity index (χ2n) is 3.77. The second-order valence-corrected chi connectivity index (χ2v) is 3.77. The molecule has 0 bridgehead atoms. The van der Waals surface area contributed by atoms with Gasteiger partial charge in [0.25, 0.3) is 0 Å². The van der Waals surface area contributed by atoms with Gasteiger partial charge in [-0.2, -0.15) is 0 Å². The van der Waals surface area contributed by atoms with Gasteiger partial charge in [0.15, 0.2) is 0 Å². The molecule has 0 rings (SSSR count). The fourth-order valence-corrected chi connectivity index (χ4v) is 1.05. The van der Waals surface area contributed by atoms with E-state index in [0.29, 0.717) is 13.2 Å². The maximum Gasteiger partial charge on any atom is 0.332 e. The summed E-state index contributed by atoms with van der Waals surface area (Å²) < 4.78 is 9.80. The molecule has 0 unspecified atom stereocenters. The molecule has 0 aromatic rings. The van der Waals surface area contributed by atoms with Crippen molar-refractivity contribution in [2.45, 2.75) is 39.5 Å². The number of esters is 1. The molecule has 0 aromatic heterocycles. The third-order valence-corrected chi connectivity index (χ3v) is 2.07. The number of carbonyl (C=O) groups is 2. The topological polar surface area (TPSA) is 64.6 Å². The Labute approximate surface area is 103 Å². The fraction of sp³-hybridized carbons (Fsp3) is 0.833. The molecule has 0 saturated heterocycles. The number of rotatable bonds is 10. The van der Waals surface area contributed by atoms with Crippen molar-refractivity contribution in [3.8, 4) is 0 Å². The molecule has 5 heteroatoms. The zero-order valence-electron chi connectivity index (χ0n) is 10.8. The van der Waals surface area contributed by atoms with Crippen molar-refractivity contribution in [1.29, 1.82) is 0 Å². The fourth-order valence-electron chi connectivity index (χ4n) is 1.05. The molecule has 1 N–H and O–H groups in total. The molecule has 0 heterocycles. The summed E-state index contributed by atoms with van der Waals surface area (Å²) in [6, 6.07) is 0. The van der Waals surface area contributed by atoms with Gasteiger partial charge in [-0.25, -0.2) is 4.79 Å². The van der Waals surface area contributed by atoms with Gasteiger partial charge in [-0.15, -0.1) is 0 Å². The van der Waals surface area contributed by atoms with E-state index in [1.54, 1.807) is 0 Å². The highest BCUT2D eigenvalue weighted by Crippen LogP contribution is 1.89. The zero-order valence-corrected chi connectivity index (χ0v) is 10.8. The first-order valence-electron chi connectivity index (χ1n) is 6.20. The minimum atomic E-state index is -0.417. The second kappa shape index (κ2) is 11.4. The van der Waals surface area contributed by atoms with Crippen LogP contribution in [0.5, 0.6) is 0 Å². The number of carbonyl (C=O) groups excluding carboxylic acids is 2. The van der Waals surface area contributed by atoms with Gasteiger partial charge in [0.05, 0.1) is 6.61 Å². The number of hydrogen-bond donors (Lipinski definition) is 1. The lowest BCUT2D eigenvalue weighted by Crippen LogP contribution is -2.29. The number of ether oxygens (including phenoxy) is 2. The van der Waals surface area contributed by atoms with Crippen molar-refractivity contribution in [2.75, 3.05) is 26.4 Å². The molecular formula is C12H23NO4. The highest BCUT2D eigenvalue weighted by molar-refractivity contribution is 5.77. The summed E-state index contributed by atoms with van der Waals surface area (Å²) in [5.41, 5.74) is 0. The van der Waals surface area contributed by atoms with Crippen LogP contribution in [0.15, 0.2) is 0 Å². The highest BCUT2D eigenvalue weighted by Gasteiger charge is 2.05. The largest absolute Gasteiger partial charge is 0.464 e. The molecule has 5 nitrogen and oxygen atoms in total. The molecule has 0 spiro atoms. The van der Waals surface area contributed by atoms with Crippen LogP contribution < -0.4 is 5.32 Å². The third kappa shape index (κ3) is 11.2. The highest BCUT2D eigenvalue weighted by atomic mass is 16.6. The Kier molecular flexibility index (Phi) is 10.7. The van der Waals surface area contributed by atoms with E-state index in [1.165, 1.54) is 0 Å². The summed E-state index contributed by atoms with van der Waals surface area (Å²) in [4.78, 5) is 22.3. The summed E-state index contributed by atoms with van der Waals surface area (Å²) in [6.45, 7) is 4.89. The first-order chi connectivity index (χ1) is 8.20. The lowest BCUT2D eigenvalue weighted by Gasteiger charge is -2.06. The summed E-state index contributed by atoms with van der Waals surface area (Å²) in [6.07, 6.45) is 3.81. The average molecular weight is 245 g/mol. The molecule has 17 heavy (non-hydrogen) atoms. The van der Waals surface area contributed by atoms with Crippen LogP contribution in [-0.2, 0) is 19.1 Å². The standard InChI is InChI=1S/C12H23NO4/c1-3-5-7-13-11(14)9-16-10-12(15)17-8-6-4-2/h3-10H2,1-2H3,(H,13,14). The molecule has 0 radical (unpaired) electrons. The van der Waals surface area contributed by atoms with E-state index < -0.39 is 5.97 Å². The minimum Gasteiger partial charge on any atom is -0.464 e. The van der Waals surface area contributed by atoms with Crippen LogP contribution >= 0.6 is 0 Å². The number of hydrogen-bond acceptors (Lipinski definition) is 4. The van der Waals surface area contributed by atoms with Crippen LogP contribution in [0.4, 0.5) is 0 Å². The van der Waals surface area contributed by atoms with Crippen LogP contribution in [0.2, 0.25) is 0 Å². The molecule has 0 fully saturated rings. The monoisotopic (exact) mass is 245 g/mol. The van der Waals surface area contributed by atoms with Crippen LogP contribution in [0.1, 0.15) is 39.5 Å². The van der Waals surface area contributed by atoms with E-state index >= 15 is 0 Å². The van der Waals surface area contributed by atoms with Gasteiger partial charge in [0, 0.05) is 6.54 Å². The van der Waals surface area contributed by atoms with Crippen LogP contribution in [-0.4, -0.2) is 38.2 Å². The third-order valence-electron chi connectivity index (χ3n) is 2.07. The van der Waals surface area contributed by atoms with Crippen LogP contribution in [0.3, 0.4) is 0 Å². The minimum absolute atomic E-state index is 0.0907. The SMILES string of the molecule is CCCCNC(=O)COCC(=O)OCCCC. The van der Waals surface area contributed by atoms with Gasteiger partial charge in [-0.1, -0.05) is 26.7 Å². The first-order valence-corrected chi connectivity index (χ1v) is 6.20. The molecule has 1 amide bonds. The van der Waals surface area contributed by atoms with Gasteiger partial charge in [-0.05, 0) is 12.8 Å². The van der Waals surface area contributed by atoms with E-state index in [1.807, 2.05) is 6.92 Å². The molecule has 0 aliphatic rings. The molecule has 0 aliphatic carbocycles. The van der Waals surface area contributed by atoms with Gasteiger partial charge < -0.3 is 14.8 Å². The van der Waals surface area contributed by atoms with E-state index in [2.05, 4.69) is 12.2 Å². The maximum absolute atomic E-state index is 11.2. The van der Waals surface area contributed by atoms with Gasteiger partial charge in [0.2, 0.25) is 5.91 Å². The number of amides is 1. The lowest BCUT2D eigenvalue weighted by molar-refractivity contribution is -0.150. The Balaban J connectivity index is 3.36. The molecule has 0 aromatic carbocycles. The van der Waals surface area contributed by atoms with Crippen LogP contribution in [0, 0.1) is 0 Å². The van der Waals surface area contributed by atoms with E-state index in [0.717, 1.165) is 25.7 Å². The predicted molar refractivity (Wildman–Crippen MR) is 64.6 cm³/mol. The molecular weight excluding hydrogens is 222 g/mol. The van der Waals surface area contributed by atoms with E-state index in [4.69, 9.17) is 9.47 Å². The van der Waals surface area contributed by atoms with Gasteiger partial charge in [-0.3, -0.25) is 4.79 Å². The first kappa shape index (κ1) is 15.9. The number of nitrogens with one attached hydrogen (secondary N) is 1. The van der Waals surface area contributed by atoms with Gasteiger partial charge >= 0.3 is 5.97 Å². The molecule has 0 saturated carbocycles. The summed E-state index contributed by atoms with van der Waals surface area (Å²) in [5.74, 6) is -0.611. The van der Waals surface area contributed by atoms with Crippen molar-refractivity contribution >= 4 is 11.9 Å². The summed E-state index contributed by atoms with van der Waals surface area (Å²) in [7, 11) is 0. The average Bonchev–Trinajstić information content (AvgIpc) is 2.30. The van der Waals surface area contributed by atoms with E-state index in [-0.39, 0.29) is 19.1 Å². The van der Waals surface area contributed by atoms with Crippen molar-refractivity contribution in [2.24, 2.45) is 0 Å². The maximum atomic E-state index is 11.2. The van der Waals surface area contributed by atoms with Crippen LogP contribution in [0.25, 0.3) is 0 Å².